The van der Waals surface area contributed by atoms with Crippen molar-refractivity contribution in [3.63, 3.8) is 0 Å². The summed E-state index contributed by atoms with van der Waals surface area (Å²) in [4.78, 5) is 21.9. The average molecular weight is 265 g/mol. The number of phenols is 1. The van der Waals surface area contributed by atoms with Gasteiger partial charge in [-0.3, -0.25) is 9.59 Å². The van der Waals surface area contributed by atoms with E-state index in [2.05, 4.69) is 5.32 Å². The molecule has 0 bridgehead atoms. The van der Waals surface area contributed by atoms with Crippen molar-refractivity contribution < 1.29 is 19.8 Å². The van der Waals surface area contributed by atoms with Crippen LogP contribution in [0.25, 0.3) is 0 Å². The normalized spacial score (nSPS) is 10.1. The van der Waals surface area contributed by atoms with Crippen LogP contribution in [0.4, 0.5) is 5.69 Å². The minimum Gasteiger partial charge on any atom is -0.506 e. The first-order chi connectivity index (χ1) is 9.09. The SMILES string of the molecule is O=C(O)CCCCCCC(=O)Nc1ccccc1O. The van der Waals surface area contributed by atoms with Crippen LogP contribution in [0.1, 0.15) is 38.5 Å². The number of anilines is 1. The third-order valence-electron chi connectivity index (χ3n) is 2.72. The summed E-state index contributed by atoms with van der Waals surface area (Å²) < 4.78 is 0. The Hall–Kier alpha value is -2.04. The minimum absolute atomic E-state index is 0.0531. The molecule has 0 heterocycles. The lowest BCUT2D eigenvalue weighted by atomic mass is 10.1. The molecule has 1 amide bonds. The van der Waals surface area contributed by atoms with Crippen LogP contribution in [0.2, 0.25) is 0 Å². The highest BCUT2D eigenvalue weighted by Gasteiger charge is 2.05. The molecule has 0 fully saturated rings. The lowest BCUT2D eigenvalue weighted by Crippen LogP contribution is -2.11. The predicted molar refractivity (Wildman–Crippen MR) is 72.1 cm³/mol. The number of carbonyl (C=O) groups excluding carboxylic acids is 1. The Bertz CT molecular complexity index is 431. The number of phenolic OH excluding ortho intramolecular Hbond substituents is 1. The highest BCUT2D eigenvalue weighted by atomic mass is 16.4. The van der Waals surface area contributed by atoms with Gasteiger partial charge in [0.1, 0.15) is 5.75 Å². The van der Waals surface area contributed by atoms with Gasteiger partial charge in [0.2, 0.25) is 5.91 Å². The molecule has 0 aliphatic rings. The Morgan fingerprint density at radius 2 is 1.63 bits per heavy atom. The molecule has 0 aliphatic carbocycles. The summed E-state index contributed by atoms with van der Waals surface area (Å²) in [5, 5.41) is 20.6. The van der Waals surface area contributed by atoms with E-state index < -0.39 is 5.97 Å². The fraction of sp³-hybridized carbons (Fsp3) is 0.429. The van der Waals surface area contributed by atoms with Crippen LogP contribution in [0.3, 0.4) is 0 Å². The number of hydrogen-bond acceptors (Lipinski definition) is 3. The molecule has 0 atom stereocenters. The fourth-order valence-corrected chi connectivity index (χ4v) is 1.71. The molecule has 1 rings (SSSR count). The van der Waals surface area contributed by atoms with Crippen molar-refractivity contribution in [1.29, 1.82) is 0 Å². The maximum absolute atomic E-state index is 11.6. The zero-order valence-corrected chi connectivity index (χ0v) is 10.8. The predicted octanol–water partition coefficient (Wildman–Crippen LogP) is 2.76. The molecule has 0 aromatic heterocycles. The first-order valence-electron chi connectivity index (χ1n) is 6.39. The van der Waals surface area contributed by atoms with Crippen molar-refractivity contribution in [2.75, 3.05) is 5.32 Å². The fourth-order valence-electron chi connectivity index (χ4n) is 1.71. The number of aliphatic carboxylic acids is 1. The van der Waals surface area contributed by atoms with Gasteiger partial charge in [-0.25, -0.2) is 0 Å². The number of benzene rings is 1. The van der Waals surface area contributed by atoms with Gasteiger partial charge in [-0.05, 0) is 25.0 Å². The van der Waals surface area contributed by atoms with Gasteiger partial charge in [0, 0.05) is 12.8 Å². The Morgan fingerprint density at radius 1 is 1.00 bits per heavy atom. The summed E-state index contributed by atoms with van der Waals surface area (Å²) in [6.45, 7) is 0. The lowest BCUT2D eigenvalue weighted by Gasteiger charge is -2.06. The van der Waals surface area contributed by atoms with E-state index in [4.69, 9.17) is 5.11 Å². The molecule has 1 aromatic rings. The van der Waals surface area contributed by atoms with Crippen LogP contribution in [0, 0.1) is 0 Å². The maximum atomic E-state index is 11.6. The van der Waals surface area contributed by atoms with Crippen LogP contribution in [0.5, 0.6) is 5.75 Å². The molecular weight excluding hydrogens is 246 g/mol. The van der Waals surface area contributed by atoms with Crippen LogP contribution in [-0.2, 0) is 9.59 Å². The molecule has 0 radical (unpaired) electrons. The van der Waals surface area contributed by atoms with Gasteiger partial charge in [0.05, 0.1) is 5.69 Å². The van der Waals surface area contributed by atoms with E-state index in [9.17, 15) is 14.7 Å². The Balaban J connectivity index is 2.15. The summed E-state index contributed by atoms with van der Waals surface area (Å²) in [7, 11) is 0. The third-order valence-corrected chi connectivity index (χ3v) is 2.72. The summed E-state index contributed by atoms with van der Waals surface area (Å²) in [6, 6.07) is 6.58. The molecule has 0 saturated carbocycles. The molecular formula is C14H19NO4. The number of carboxylic acids is 1. The topological polar surface area (TPSA) is 86.6 Å². The molecule has 5 heteroatoms. The first kappa shape index (κ1) is 15.0. The Kier molecular flexibility index (Phi) is 6.43. The lowest BCUT2D eigenvalue weighted by molar-refractivity contribution is -0.137. The van der Waals surface area contributed by atoms with Crippen LogP contribution < -0.4 is 5.32 Å². The molecule has 0 spiro atoms. The van der Waals surface area contributed by atoms with E-state index in [1.165, 1.54) is 6.07 Å². The summed E-state index contributed by atoms with van der Waals surface area (Å²) in [5.74, 6) is -0.866. The first-order valence-corrected chi connectivity index (χ1v) is 6.39. The number of amides is 1. The number of para-hydroxylation sites is 2. The monoisotopic (exact) mass is 265 g/mol. The van der Waals surface area contributed by atoms with Crippen molar-refractivity contribution in [1.82, 2.24) is 0 Å². The zero-order valence-electron chi connectivity index (χ0n) is 10.8. The standard InChI is InChI=1S/C14H19NO4/c16-12-8-6-5-7-11(12)15-13(17)9-3-1-2-4-10-14(18)19/h5-8,16H,1-4,9-10H2,(H,15,17)(H,18,19). The third kappa shape index (κ3) is 6.45. The van der Waals surface area contributed by atoms with Gasteiger partial charge in [0.25, 0.3) is 0 Å². The molecule has 1 aromatic carbocycles. The van der Waals surface area contributed by atoms with Crippen LogP contribution in [-0.4, -0.2) is 22.1 Å². The molecule has 0 saturated heterocycles. The van der Waals surface area contributed by atoms with Crippen molar-refractivity contribution >= 4 is 17.6 Å². The maximum Gasteiger partial charge on any atom is 0.303 e. The number of carboxylic acid groups (broad SMARTS) is 1. The molecule has 19 heavy (non-hydrogen) atoms. The van der Waals surface area contributed by atoms with Crippen LogP contribution in [0.15, 0.2) is 24.3 Å². The molecule has 5 nitrogen and oxygen atoms in total. The minimum atomic E-state index is -0.780. The number of nitrogens with one attached hydrogen (secondary N) is 1. The number of unbranched alkanes of at least 4 members (excludes halogenated alkanes) is 3. The average Bonchev–Trinajstić information content (AvgIpc) is 2.36. The Morgan fingerprint density at radius 3 is 2.26 bits per heavy atom. The highest BCUT2D eigenvalue weighted by Crippen LogP contribution is 2.21. The smallest absolute Gasteiger partial charge is 0.303 e. The second kappa shape index (κ2) is 8.13. The summed E-state index contributed by atoms with van der Waals surface area (Å²) >= 11 is 0. The van der Waals surface area contributed by atoms with Gasteiger partial charge in [-0.15, -0.1) is 0 Å². The van der Waals surface area contributed by atoms with Gasteiger partial charge in [-0.1, -0.05) is 25.0 Å². The number of hydrogen-bond donors (Lipinski definition) is 3. The van der Waals surface area contributed by atoms with Gasteiger partial charge in [0.15, 0.2) is 0 Å². The van der Waals surface area contributed by atoms with Gasteiger partial charge >= 0.3 is 5.97 Å². The largest absolute Gasteiger partial charge is 0.506 e. The van der Waals surface area contributed by atoms with Crippen LogP contribution >= 0.6 is 0 Å². The molecule has 104 valence electrons. The van der Waals surface area contributed by atoms with E-state index in [-0.39, 0.29) is 18.1 Å². The van der Waals surface area contributed by atoms with Crippen molar-refractivity contribution in [2.45, 2.75) is 38.5 Å². The highest BCUT2D eigenvalue weighted by molar-refractivity contribution is 5.92. The number of carbonyl (C=O) groups is 2. The number of rotatable bonds is 8. The van der Waals surface area contributed by atoms with Crippen molar-refractivity contribution in [3.05, 3.63) is 24.3 Å². The van der Waals surface area contributed by atoms with Crippen molar-refractivity contribution in [2.24, 2.45) is 0 Å². The Labute approximate surface area is 112 Å². The summed E-state index contributed by atoms with van der Waals surface area (Å²) in [6.07, 6.45) is 3.58. The van der Waals surface area contributed by atoms with Gasteiger partial charge < -0.3 is 15.5 Å². The van der Waals surface area contributed by atoms with E-state index in [1.54, 1.807) is 18.2 Å². The van der Waals surface area contributed by atoms with E-state index in [0.29, 0.717) is 18.5 Å². The molecule has 0 unspecified atom stereocenters. The second-order valence-corrected chi connectivity index (χ2v) is 4.37. The molecule has 0 aliphatic heterocycles. The van der Waals surface area contributed by atoms with Gasteiger partial charge in [-0.2, -0.15) is 0 Å². The quantitative estimate of drug-likeness (QED) is 0.498. The van der Waals surface area contributed by atoms with E-state index in [0.717, 1.165) is 19.3 Å². The zero-order chi connectivity index (χ0) is 14.1. The van der Waals surface area contributed by atoms with E-state index in [1.807, 2.05) is 0 Å². The van der Waals surface area contributed by atoms with Crippen molar-refractivity contribution in [3.8, 4) is 5.75 Å². The number of aromatic hydroxyl groups is 1. The van der Waals surface area contributed by atoms with E-state index >= 15 is 0 Å². The molecule has 3 N–H and O–H groups in total. The summed E-state index contributed by atoms with van der Waals surface area (Å²) in [5.41, 5.74) is 0.415. The second-order valence-electron chi connectivity index (χ2n) is 4.37.